The predicted octanol–water partition coefficient (Wildman–Crippen LogP) is 3.78. The monoisotopic (exact) mass is 326 g/mol. The molecule has 21 heavy (non-hydrogen) atoms. The smallest absolute Gasteiger partial charge is 0.351 e. The number of hydrogen-bond acceptors (Lipinski definition) is 3. The second-order valence-electron chi connectivity index (χ2n) is 4.61. The summed E-state index contributed by atoms with van der Waals surface area (Å²) < 4.78 is 6.88. The summed E-state index contributed by atoms with van der Waals surface area (Å²) >= 11 is 12.0. The third kappa shape index (κ3) is 4.48. The maximum Gasteiger partial charge on any atom is 0.351 e. The Labute approximate surface area is 133 Å². The molecule has 4 nitrogen and oxygen atoms in total. The molecule has 0 atom stereocenters. The van der Waals surface area contributed by atoms with Crippen molar-refractivity contribution in [2.75, 3.05) is 6.61 Å². The van der Waals surface area contributed by atoms with Gasteiger partial charge in [0.1, 0.15) is 0 Å². The van der Waals surface area contributed by atoms with Crippen LogP contribution in [0.4, 0.5) is 0 Å². The van der Waals surface area contributed by atoms with Crippen molar-refractivity contribution in [3.63, 3.8) is 0 Å². The minimum atomic E-state index is -0.366. The Balaban J connectivity index is 2.12. The zero-order chi connectivity index (χ0) is 15.2. The van der Waals surface area contributed by atoms with Gasteiger partial charge in [0.25, 0.3) is 0 Å². The summed E-state index contributed by atoms with van der Waals surface area (Å²) in [5, 5.41) is 1.09. The Morgan fingerprint density at radius 3 is 2.76 bits per heavy atom. The van der Waals surface area contributed by atoms with Crippen LogP contribution in [-0.4, -0.2) is 16.2 Å². The quantitative estimate of drug-likeness (QED) is 0.759. The molecule has 0 bridgehead atoms. The zero-order valence-corrected chi connectivity index (χ0v) is 13.2. The Morgan fingerprint density at radius 1 is 1.29 bits per heavy atom. The minimum absolute atomic E-state index is 0.344. The lowest BCUT2D eigenvalue weighted by Gasteiger charge is -2.09. The van der Waals surface area contributed by atoms with Gasteiger partial charge in [-0.25, -0.2) is 4.79 Å². The molecule has 0 radical (unpaired) electrons. The van der Waals surface area contributed by atoms with E-state index in [1.165, 1.54) is 4.57 Å². The van der Waals surface area contributed by atoms with Crippen molar-refractivity contribution in [1.29, 1.82) is 0 Å². The molecule has 0 amide bonds. The van der Waals surface area contributed by atoms with Gasteiger partial charge in [-0.15, -0.1) is 0 Å². The van der Waals surface area contributed by atoms with E-state index in [4.69, 9.17) is 27.9 Å². The number of nitrogens with zero attached hydrogens (tertiary/aromatic N) is 2. The fourth-order valence-corrected chi connectivity index (χ4v) is 2.24. The molecule has 0 N–H and O–H groups in total. The van der Waals surface area contributed by atoms with E-state index in [9.17, 15) is 4.79 Å². The SMILES string of the molecule is CCCCOc1ccn(Cc2ccc(Cl)cc2Cl)c(=O)n1. The summed E-state index contributed by atoms with van der Waals surface area (Å²) in [4.78, 5) is 15.9. The maximum atomic E-state index is 12.0. The topological polar surface area (TPSA) is 44.1 Å². The summed E-state index contributed by atoms with van der Waals surface area (Å²) in [5.41, 5.74) is 0.444. The summed E-state index contributed by atoms with van der Waals surface area (Å²) in [6.45, 7) is 2.98. The lowest BCUT2D eigenvalue weighted by atomic mass is 10.2. The normalized spacial score (nSPS) is 10.6. The van der Waals surface area contributed by atoms with Crippen molar-refractivity contribution in [2.24, 2.45) is 0 Å². The van der Waals surface area contributed by atoms with E-state index in [0.717, 1.165) is 18.4 Å². The molecule has 0 aliphatic heterocycles. The molecule has 1 heterocycles. The van der Waals surface area contributed by atoms with E-state index >= 15 is 0 Å². The molecule has 0 aliphatic carbocycles. The highest BCUT2D eigenvalue weighted by Gasteiger charge is 2.06. The summed E-state index contributed by atoms with van der Waals surface area (Å²) in [5.74, 6) is 0.354. The predicted molar refractivity (Wildman–Crippen MR) is 84.5 cm³/mol. The Bertz CT molecular complexity index is 671. The molecule has 0 saturated heterocycles. The highest BCUT2D eigenvalue weighted by Crippen LogP contribution is 2.21. The largest absolute Gasteiger partial charge is 0.478 e. The van der Waals surface area contributed by atoms with E-state index in [2.05, 4.69) is 11.9 Å². The molecule has 2 rings (SSSR count). The Kier molecular flexibility index (Phi) is 5.65. The Hall–Kier alpha value is -1.52. The molecule has 0 aliphatic rings. The average Bonchev–Trinajstić information content (AvgIpc) is 2.44. The molecule has 1 aromatic carbocycles. The van der Waals surface area contributed by atoms with Crippen LogP contribution < -0.4 is 10.4 Å². The first-order chi connectivity index (χ1) is 10.1. The van der Waals surface area contributed by atoms with Crippen LogP contribution in [0.1, 0.15) is 25.3 Å². The van der Waals surface area contributed by atoms with Crippen LogP contribution in [0.2, 0.25) is 10.0 Å². The molecule has 6 heteroatoms. The van der Waals surface area contributed by atoms with Gasteiger partial charge in [0.05, 0.1) is 13.2 Å². The van der Waals surface area contributed by atoms with E-state index in [-0.39, 0.29) is 5.69 Å². The fourth-order valence-electron chi connectivity index (χ4n) is 1.77. The molecular formula is C15H16Cl2N2O2. The van der Waals surface area contributed by atoms with E-state index in [1.54, 1.807) is 30.5 Å². The first-order valence-electron chi connectivity index (χ1n) is 6.74. The molecule has 0 spiro atoms. The number of unbranched alkanes of at least 4 members (excludes halogenated alkanes) is 1. The lowest BCUT2D eigenvalue weighted by Crippen LogP contribution is -2.23. The van der Waals surface area contributed by atoms with Gasteiger partial charge in [-0.05, 0) is 24.1 Å². The van der Waals surface area contributed by atoms with Crippen molar-refractivity contribution in [3.05, 3.63) is 56.6 Å². The highest BCUT2D eigenvalue weighted by molar-refractivity contribution is 6.35. The first kappa shape index (κ1) is 15.9. The summed E-state index contributed by atoms with van der Waals surface area (Å²) in [6.07, 6.45) is 3.62. The average molecular weight is 327 g/mol. The maximum absolute atomic E-state index is 12.0. The van der Waals surface area contributed by atoms with Gasteiger partial charge in [0.15, 0.2) is 0 Å². The van der Waals surface area contributed by atoms with Crippen LogP contribution in [0, 0.1) is 0 Å². The lowest BCUT2D eigenvalue weighted by molar-refractivity contribution is 0.295. The van der Waals surface area contributed by atoms with E-state index in [1.807, 2.05) is 0 Å². The molecular weight excluding hydrogens is 311 g/mol. The zero-order valence-electron chi connectivity index (χ0n) is 11.7. The Morgan fingerprint density at radius 2 is 2.10 bits per heavy atom. The molecule has 0 fully saturated rings. The number of aromatic nitrogens is 2. The number of halogens is 2. The van der Waals surface area contributed by atoms with Crippen molar-refractivity contribution in [1.82, 2.24) is 9.55 Å². The van der Waals surface area contributed by atoms with Crippen LogP contribution in [0.5, 0.6) is 5.88 Å². The molecule has 0 saturated carbocycles. The van der Waals surface area contributed by atoms with Crippen molar-refractivity contribution in [3.8, 4) is 5.88 Å². The second-order valence-corrected chi connectivity index (χ2v) is 5.46. The molecule has 1 aromatic heterocycles. The number of hydrogen-bond donors (Lipinski definition) is 0. The van der Waals surface area contributed by atoms with Crippen molar-refractivity contribution in [2.45, 2.75) is 26.3 Å². The van der Waals surface area contributed by atoms with Crippen LogP contribution >= 0.6 is 23.2 Å². The molecule has 112 valence electrons. The van der Waals surface area contributed by atoms with Crippen molar-refractivity contribution < 1.29 is 4.74 Å². The number of ether oxygens (including phenoxy) is 1. The minimum Gasteiger partial charge on any atom is -0.478 e. The third-order valence-electron chi connectivity index (χ3n) is 2.95. The standard InChI is InChI=1S/C15H16Cl2N2O2/c1-2-3-8-21-14-6-7-19(15(20)18-14)10-11-4-5-12(16)9-13(11)17/h4-7,9H,2-3,8,10H2,1H3. The van der Waals surface area contributed by atoms with Gasteiger partial charge in [-0.2, -0.15) is 4.98 Å². The first-order valence-corrected chi connectivity index (χ1v) is 7.50. The van der Waals surface area contributed by atoms with E-state index in [0.29, 0.717) is 29.1 Å². The van der Waals surface area contributed by atoms with Crippen LogP contribution in [0.3, 0.4) is 0 Å². The van der Waals surface area contributed by atoms with Gasteiger partial charge in [0.2, 0.25) is 5.88 Å². The van der Waals surface area contributed by atoms with Crippen molar-refractivity contribution >= 4 is 23.2 Å². The highest BCUT2D eigenvalue weighted by atomic mass is 35.5. The van der Waals surface area contributed by atoms with Crippen LogP contribution in [0.15, 0.2) is 35.3 Å². The number of rotatable bonds is 6. The molecule has 2 aromatic rings. The second kappa shape index (κ2) is 7.48. The van der Waals surface area contributed by atoms with Gasteiger partial charge in [0, 0.05) is 22.3 Å². The summed E-state index contributed by atoms with van der Waals surface area (Å²) in [7, 11) is 0. The van der Waals surface area contributed by atoms with Gasteiger partial charge in [-0.1, -0.05) is 42.6 Å². The fraction of sp³-hybridized carbons (Fsp3) is 0.333. The molecule has 0 unspecified atom stereocenters. The van der Waals surface area contributed by atoms with Gasteiger partial charge < -0.3 is 4.74 Å². The van der Waals surface area contributed by atoms with E-state index < -0.39 is 0 Å². The van der Waals surface area contributed by atoms with Crippen LogP contribution in [0.25, 0.3) is 0 Å². The summed E-state index contributed by atoms with van der Waals surface area (Å²) in [6, 6.07) is 6.87. The number of benzene rings is 1. The van der Waals surface area contributed by atoms with Crippen LogP contribution in [-0.2, 0) is 6.54 Å². The van der Waals surface area contributed by atoms with Gasteiger partial charge in [-0.3, -0.25) is 4.57 Å². The van der Waals surface area contributed by atoms with Gasteiger partial charge >= 0.3 is 5.69 Å². The third-order valence-corrected chi connectivity index (χ3v) is 3.54.